The van der Waals surface area contributed by atoms with Gasteiger partial charge in [-0.25, -0.2) is 0 Å². The number of aldehydes is 1. The number of hydrogen-bond donors (Lipinski definition) is 0. The summed E-state index contributed by atoms with van der Waals surface area (Å²) in [6.45, 7) is 8.89. The molecule has 4 unspecified atom stereocenters. The third-order valence-corrected chi connectivity index (χ3v) is 4.99. The second-order valence-corrected chi connectivity index (χ2v) is 7.41. The van der Waals surface area contributed by atoms with Gasteiger partial charge in [0.1, 0.15) is 18.1 Å². The summed E-state index contributed by atoms with van der Waals surface area (Å²) in [5.41, 5.74) is 1.16. The van der Waals surface area contributed by atoms with Crippen LogP contribution < -0.4 is 4.74 Å². The van der Waals surface area contributed by atoms with Gasteiger partial charge in [-0.3, -0.25) is 0 Å². The van der Waals surface area contributed by atoms with Crippen molar-refractivity contribution in [3.8, 4) is 5.75 Å². The molecule has 0 N–H and O–H groups in total. The van der Waals surface area contributed by atoms with Gasteiger partial charge in [-0.15, -0.1) is 0 Å². The summed E-state index contributed by atoms with van der Waals surface area (Å²) in [4.78, 5) is 11.0. The highest BCUT2D eigenvalue weighted by Gasteiger charge is 2.32. The molecule has 0 radical (unpaired) electrons. The lowest BCUT2D eigenvalue weighted by Gasteiger charge is -2.37. The van der Waals surface area contributed by atoms with E-state index in [1.165, 1.54) is 12.8 Å². The summed E-state index contributed by atoms with van der Waals surface area (Å²) < 4.78 is 6.46. The van der Waals surface area contributed by atoms with Crippen LogP contribution in [0.3, 0.4) is 0 Å². The molecule has 122 valence electrons. The molecule has 2 rings (SSSR count). The lowest BCUT2D eigenvalue weighted by Crippen LogP contribution is -2.36. The van der Waals surface area contributed by atoms with Crippen LogP contribution in [0.15, 0.2) is 24.3 Å². The molecule has 1 aromatic rings. The summed E-state index contributed by atoms with van der Waals surface area (Å²) in [6.07, 6.45) is 5.80. The van der Waals surface area contributed by atoms with E-state index in [0.717, 1.165) is 36.4 Å². The number of ether oxygens (including phenoxy) is 1. The van der Waals surface area contributed by atoms with E-state index in [9.17, 15) is 4.79 Å². The van der Waals surface area contributed by atoms with Gasteiger partial charge in [0.05, 0.1) is 0 Å². The van der Waals surface area contributed by atoms with E-state index in [0.29, 0.717) is 17.9 Å². The predicted octanol–water partition coefficient (Wildman–Crippen LogP) is 4.90. The summed E-state index contributed by atoms with van der Waals surface area (Å²) in [5, 5.41) is 0. The number of hydrogen-bond acceptors (Lipinski definition) is 2. The van der Waals surface area contributed by atoms with Crippen molar-refractivity contribution < 1.29 is 9.53 Å². The van der Waals surface area contributed by atoms with Gasteiger partial charge < -0.3 is 9.53 Å². The Bertz CT molecular complexity index is 480. The van der Waals surface area contributed by atoms with Crippen molar-refractivity contribution in [1.29, 1.82) is 0 Å². The first-order valence-electron chi connectivity index (χ1n) is 8.71. The van der Waals surface area contributed by atoms with E-state index in [2.05, 4.69) is 32.9 Å². The first-order chi connectivity index (χ1) is 10.5. The van der Waals surface area contributed by atoms with E-state index < -0.39 is 0 Å². The molecular formula is C20H30O2. The van der Waals surface area contributed by atoms with Crippen molar-refractivity contribution in [3.63, 3.8) is 0 Å². The van der Waals surface area contributed by atoms with E-state index in [4.69, 9.17) is 4.74 Å². The van der Waals surface area contributed by atoms with Gasteiger partial charge in [0.15, 0.2) is 0 Å². The lowest BCUT2D eigenvalue weighted by atomic mass is 9.75. The number of carbonyl (C=O) groups excluding carboxylic acids is 1. The molecule has 1 aliphatic carbocycles. The minimum atomic E-state index is 0.0379. The predicted molar refractivity (Wildman–Crippen MR) is 91.1 cm³/mol. The molecule has 0 aliphatic heterocycles. The van der Waals surface area contributed by atoms with Crippen molar-refractivity contribution in [2.24, 2.45) is 23.7 Å². The van der Waals surface area contributed by atoms with Crippen molar-refractivity contribution in [3.05, 3.63) is 29.8 Å². The van der Waals surface area contributed by atoms with Crippen molar-refractivity contribution in [2.45, 2.75) is 59.5 Å². The highest BCUT2D eigenvalue weighted by molar-refractivity contribution is 5.54. The summed E-state index contributed by atoms with van der Waals surface area (Å²) >= 11 is 0. The maximum Gasteiger partial charge on any atom is 0.123 e. The zero-order chi connectivity index (χ0) is 16.1. The normalized spacial score (nSPS) is 26.7. The topological polar surface area (TPSA) is 26.3 Å². The first kappa shape index (κ1) is 17.1. The molecule has 2 nitrogen and oxygen atoms in total. The Labute approximate surface area is 135 Å². The van der Waals surface area contributed by atoms with Gasteiger partial charge in [-0.1, -0.05) is 52.3 Å². The maximum absolute atomic E-state index is 11.0. The Morgan fingerprint density at radius 1 is 1.23 bits per heavy atom. The van der Waals surface area contributed by atoms with E-state index in [1.807, 2.05) is 19.1 Å². The monoisotopic (exact) mass is 302 g/mol. The summed E-state index contributed by atoms with van der Waals surface area (Å²) in [7, 11) is 0. The third kappa shape index (κ3) is 4.34. The second kappa shape index (κ2) is 7.80. The van der Waals surface area contributed by atoms with Crippen LogP contribution in [0.5, 0.6) is 5.75 Å². The second-order valence-electron chi connectivity index (χ2n) is 7.41. The highest BCUT2D eigenvalue weighted by Crippen LogP contribution is 2.36. The average Bonchev–Trinajstić information content (AvgIpc) is 2.49. The number of para-hydroxylation sites is 1. The van der Waals surface area contributed by atoms with Crippen LogP contribution in [0.4, 0.5) is 0 Å². The van der Waals surface area contributed by atoms with Gasteiger partial charge in [0.2, 0.25) is 0 Å². The molecule has 22 heavy (non-hydrogen) atoms. The molecule has 4 atom stereocenters. The van der Waals surface area contributed by atoms with Crippen LogP contribution >= 0.6 is 0 Å². The molecule has 1 saturated carbocycles. The standard InChI is InChI=1S/C20H30O2/c1-14(2)18-10-9-15(3)12-20(18)22-19-8-6-5-7-17(19)11-16(4)13-21/h5-8,13-16,18,20H,9-12H2,1-4H3. The fourth-order valence-corrected chi connectivity index (χ4v) is 3.60. The van der Waals surface area contributed by atoms with Crippen LogP contribution in [0.25, 0.3) is 0 Å². The number of benzene rings is 1. The zero-order valence-corrected chi connectivity index (χ0v) is 14.4. The van der Waals surface area contributed by atoms with E-state index in [1.54, 1.807) is 0 Å². The van der Waals surface area contributed by atoms with Crippen molar-refractivity contribution in [2.75, 3.05) is 0 Å². The minimum absolute atomic E-state index is 0.0379. The Balaban J connectivity index is 2.15. The molecular weight excluding hydrogens is 272 g/mol. The molecule has 0 heterocycles. The SMILES string of the molecule is CC(C=O)Cc1ccccc1OC1CC(C)CCC1C(C)C. The fourth-order valence-electron chi connectivity index (χ4n) is 3.60. The summed E-state index contributed by atoms with van der Waals surface area (Å²) in [5.74, 6) is 3.03. The van der Waals surface area contributed by atoms with Crippen molar-refractivity contribution in [1.82, 2.24) is 0 Å². The molecule has 0 saturated heterocycles. The van der Waals surface area contributed by atoms with Crippen molar-refractivity contribution >= 4 is 6.29 Å². The lowest BCUT2D eigenvalue weighted by molar-refractivity contribution is -0.110. The third-order valence-electron chi connectivity index (χ3n) is 4.99. The Hall–Kier alpha value is -1.31. The average molecular weight is 302 g/mol. The minimum Gasteiger partial charge on any atom is -0.490 e. The zero-order valence-electron chi connectivity index (χ0n) is 14.4. The molecule has 0 amide bonds. The van der Waals surface area contributed by atoms with Crippen LogP contribution in [0.1, 0.15) is 52.5 Å². The molecule has 0 bridgehead atoms. The van der Waals surface area contributed by atoms with Gasteiger partial charge in [-0.05, 0) is 48.6 Å². The highest BCUT2D eigenvalue weighted by atomic mass is 16.5. The van der Waals surface area contributed by atoms with E-state index >= 15 is 0 Å². The summed E-state index contributed by atoms with van der Waals surface area (Å²) in [6, 6.07) is 8.21. The van der Waals surface area contributed by atoms with Gasteiger partial charge in [-0.2, -0.15) is 0 Å². The Kier molecular flexibility index (Phi) is 6.05. The maximum atomic E-state index is 11.0. The van der Waals surface area contributed by atoms with Crippen LogP contribution in [0, 0.1) is 23.7 Å². The smallest absolute Gasteiger partial charge is 0.123 e. The molecule has 0 aromatic heterocycles. The fraction of sp³-hybridized carbons (Fsp3) is 0.650. The molecule has 2 heteroatoms. The Morgan fingerprint density at radius 2 is 1.95 bits per heavy atom. The van der Waals surface area contributed by atoms with Gasteiger partial charge in [0, 0.05) is 5.92 Å². The van der Waals surface area contributed by atoms with E-state index in [-0.39, 0.29) is 5.92 Å². The largest absolute Gasteiger partial charge is 0.490 e. The molecule has 0 spiro atoms. The van der Waals surface area contributed by atoms with Gasteiger partial charge in [0.25, 0.3) is 0 Å². The number of carbonyl (C=O) groups is 1. The molecule has 1 aliphatic rings. The van der Waals surface area contributed by atoms with Crippen LogP contribution in [0.2, 0.25) is 0 Å². The molecule has 1 aromatic carbocycles. The Morgan fingerprint density at radius 3 is 2.64 bits per heavy atom. The molecule has 1 fully saturated rings. The quantitative estimate of drug-likeness (QED) is 0.698. The number of rotatable bonds is 6. The van der Waals surface area contributed by atoms with Gasteiger partial charge >= 0.3 is 0 Å². The van der Waals surface area contributed by atoms with Crippen LogP contribution in [-0.4, -0.2) is 12.4 Å². The first-order valence-corrected chi connectivity index (χ1v) is 8.71. The van der Waals surface area contributed by atoms with Crippen LogP contribution in [-0.2, 0) is 11.2 Å².